The predicted octanol–water partition coefficient (Wildman–Crippen LogP) is 3.77. The van der Waals surface area contributed by atoms with Gasteiger partial charge in [-0.2, -0.15) is 0 Å². The molecule has 2 aromatic rings. The number of nitrogens with two attached hydrogens (primary N) is 1. The third kappa shape index (κ3) is 2.26. The Morgan fingerprint density at radius 1 is 1.15 bits per heavy atom. The van der Waals surface area contributed by atoms with E-state index in [2.05, 4.69) is 6.08 Å². The molecule has 0 saturated heterocycles. The van der Waals surface area contributed by atoms with E-state index in [4.69, 9.17) is 5.73 Å². The van der Waals surface area contributed by atoms with Crippen molar-refractivity contribution in [3.63, 3.8) is 0 Å². The Kier molecular flexibility index (Phi) is 3.17. The molecular formula is C18H17NO. The van der Waals surface area contributed by atoms with Crippen LogP contribution in [0.15, 0.2) is 65.8 Å². The number of phenolic OH excluding ortho intramolecular Hbond substituents is 1. The Hall–Kier alpha value is -2.32. The van der Waals surface area contributed by atoms with Crippen LogP contribution in [0, 0.1) is 0 Å². The zero-order valence-electron chi connectivity index (χ0n) is 11.4. The maximum Gasteiger partial charge on any atom is 0.123 e. The maximum absolute atomic E-state index is 10.2. The molecule has 0 heterocycles. The van der Waals surface area contributed by atoms with Crippen molar-refractivity contribution in [1.82, 2.24) is 0 Å². The molecule has 2 aromatic carbocycles. The third-order valence-electron chi connectivity index (χ3n) is 3.60. The molecule has 1 atom stereocenters. The number of rotatable bonds is 1. The number of benzene rings is 2. The molecule has 0 aromatic heterocycles. The van der Waals surface area contributed by atoms with Gasteiger partial charge in [-0.15, -0.1) is 0 Å². The minimum atomic E-state index is -0.128. The predicted molar refractivity (Wildman–Crippen MR) is 84.5 cm³/mol. The smallest absolute Gasteiger partial charge is 0.123 e. The molecule has 2 nitrogen and oxygen atoms in total. The van der Waals surface area contributed by atoms with Gasteiger partial charge in [-0.3, -0.25) is 0 Å². The van der Waals surface area contributed by atoms with E-state index in [1.54, 1.807) is 6.07 Å². The summed E-state index contributed by atoms with van der Waals surface area (Å²) in [6, 6.07) is 11.6. The van der Waals surface area contributed by atoms with Crippen LogP contribution in [0.5, 0.6) is 5.75 Å². The SMILES string of the molecule is CC1=C/C(=C/c2c(O)ccc3ccccc23)C(N)C=C1. The second-order valence-electron chi connectivity index (χ2n) is 5.14. The van der Waals surface area contributed by atoms with Crippen LogP contribution in [0.25, 0.3) is 16.8 Å². The van der Waals surface area contributed by atoms with Gasteiger partial charge in [-0.05, 0) is 35.4 Å². The van der Waals surface area contributed by atoms with Gasteiger partial charge < -0.3 is 10.8 Å². The zero-order valence-corrected chi connectivity index (χ0v) is 11.4. The van der Waals surface area contributed by atoms with Crippen LogP contribution in [0.2, 0.25) is 0 Å². The summed E-state index contributed by atoms with van der Waals surface area (Å²) in [7, 11) is 0. The van der Waals surface area contributed by atoms with Gasteiger partial charge in [0.1, 0.15) is 5.75 Å². The van der Waals surface area contributed by atoms with Crippen molar-refractivity contribution in [2.24, 2.45) is 5.73 Å². The molecule has 3 rings (SSSR count). The van der Waals surface area contributed by atoms with Crippen LogP contribution in [0.1, 0.15) is 12.5 Å². The van der Waals surface area contributed by atoms with E-state index in [0.29, 0.717) is 0 Å². The lowest BCUT2D eigenvalue weighted by atomic mass is 9.94. The minimum absolute atomic E-state index is 0.128. The van der Waals surface area contributed by atoms with Gasteiger partial charge in [0.25, 0.3) is 0 Å². The maximum atomic E-state index is 10.2. The second-order valence-corrected chi connectivity index (χ2v) is 5.14. The number of phenols is 1. The number of aromatic hydroxyl groups is 1. The standard InChI is InChI=1S/C18H17NO/c1-12-6-8-17(19)14(10-12)11-16-15-5-3-2-4-13(15)7-9-18(16)20/h2-11,17,20H,19H2,1H3/b14-11-. The summed E-state index contributed by atoms with van der Waals surface area (Å²) in [5.41, 5.74) is 9.10. The normalized spacial score (nSPS) is 20.4. The van der Waals surface area contributed by atoms with Gasteiger partial charge in [-0.1, -0.05) is 54.1 Å². The van der Waals surface area contributed by atoms with Gasteiger partial charge in [0.2, 0.25) is 0 Å². The van der Waals surface area contributed by atoms with Crippen molar-refractivity contribution < 1.29 is 5.11 Å². The van der Waals surface area contributed by atoms with Crippen molar-refractivity contribution in [1.29, 1.82) is 0 Å². The zero-order chi connectivity index (χ0) is 14.1. The Morgan fingerprint density at radius 3 is 2.80 bits per heavy atom. The molecule has 0 bridgehead atoms. The molecule has 0 spiro atoms. The lowest BCUT2D eigenvalue weighted by Crippen LogP contribution is -2.20. The van der Waals surface area contributed by atoms with Crippen molar-refractivity contribution >= 4 is 16.8 Å². The second kappa shape index (κ2) is 4.99. The monoisotopic (exact) mass is 263 g/mol. The van der Waals surface area contributed by atoms with E-state index in [1.165, 1.54) is 0 Å². The highest BCUT2D eigenvalue weighted by atomic mass is 16.3. The Balaban J connectivity index is 2.20. The van der Waals surface area contributed by atoms with Crippen LogP contribution >= 0.6 is 0 Å². The summed E-state index contributed by atoms with van der Waals surface area (Å²) in [4.78, 5) is 0. The van der Waals surface area contributed by atoms with Crippen LogP contribution in [-0.4, -0.2) is 11.1 Å². The van der Waals surface area contributed by atoms with Crippen LogP contribution in [0.3, 0.4) is 0 Å². The van der Waals surface area contributed by atoms with Gasteiger partial charge in [0.15, 0.2) is 0 Å². The Bertz CT molecular complexity index is 753. The molecule has 1 aliphatic carbocycles. The average molecular weight is 263 g/mol. The molecule has 20 heavy (non-hydrogen) atoms. The molecule has 0 saturated carbocycles. The number of hydrogen-bond donors (Lipinski definition) is 2. The van der Waals surface area contributed by atoms with Gasteiger partial charge in [0, 0.05) is 11.6 Å². The summed E-state index contributed by atoms with van der Waals surface area (Å²) in [6.07, 6.45) is 8.04. The topological polar surface area (TPSA) is 46.2 Å². The van der Waals surface area contributed by atoms with E-state index in [-0.39, 0.29) is 11.8 Å². The molecule has 0 amide bonds. The van der Waals surface area contributed by atoms with Gasteiger partial charge in [-0.25, -0.2) is 0 Å². The molecule has 3 N–H and O–H groups in total. The van der Waals surface area contributed by atoms with E-state index >= 15 is 0 Å². The Morgan fingerprint density at radius 2 is 1.95 bits per heavy atom. The lowest BCUT2D eigenvalue weighted by molar-refractivity contribution is 0.475. The molecule has 2 heteroatoms. The first-order chi connectivity index (χ1) is 9.65. The number of allylic oxidation sites excluding steroid dienone is 2. The highest BCUT2D eigenvalue weighted by molar-refractivity contribution is 5.93. The van der Waals surface area contributed by atoms with Crippen LogP contribution < -0.4 is 5.73 Å². The van der Waals surface area contributed by atoms with E-state index < -0.39 is 0 Å². The van der Waals surface area contributed by atoms with Crippen LogP contribution in [0.4, 0.5) is 0 Å². The summed E-state index contributed by atoms with van der Waals surface area (Å²) in [6.45, 7) is 2.04. The van der Waals surface area contributed by atoms with Crippen LogP contribution in [-0.2, 0) is 0 Å². The van der Waals surface area contributed by atoms with E-state index in [0.717, 1.165) is 27.5 Å². The van der Waals surface area contributed by atoms with E-state index in [1.807, 2.05) is 55.5 Å². The molecular weight excluding hydrogens is 246 g/mol. The molecule has 100 valence electrons. The molecule has 0 aliphatic heterocycles. The number of fused-ring (bicyclic) bond motifs is 1. The first-order valence-corrected chi connectivity index (χ1v) is 6.69. The molecule has 1 aliphatic rings. The largest absolute Gasteiger partial charge is 0.507 e. The third-order valence-corrected chi connectivity index (χ3v) is 3.60. The first-order valence-electron chi connectivity index (χ1n) is 6.69. The van der Waals surface area contributed by atoms with Gasteiger partial charge >= 0.3 is 0 Å². The first kappa shape index (κ1) is 12.7. The van der Waals surface area contributed by atoms with Crippen molar-refractivity contribution in [3.8, 4) is 5.75 Å². The highest BCUT2D eigenvalue weighted by Gasteiger charge is 2.11. The average Bonchev–Trinajstić information content (AvgIpc) is 2.46. The highest BCUT2D eigenvalue weighted by Crippen LogP contribution is 2.30. The molecule has 0 radical (unpaired) electrons. The summed E-state index contributed by atoms with van der Waals surface area (Å²) < 4.78 is 0. The summed E-state index contributed by atoms with van der Waals surface area (Å²) in [5.74, 6) is 0.281. The fourth-order valence-corrected chi connectivity index (χ4v) is 2.51. The Labute approximate surface area is 118 Å². The molecule has 0 fully saturated rings. The number of hydrogen-bond acceptors (Lipinski definition) is 2. The molecule has 1 unspecified atom stereocenters. The van der Waals surface area contributed by atoms with Crippen molar-refractivity contribution in [3.05, 3.63) is 71.3 Å². The van der Waals surface area contributed by atoms with Crippen molar-refractivity contribution in [2.45, 2.75) is 13.0 Å². The van der Waals surface area contributed by atoms with Gasteiger partial charge in [0.05, 0.1) is 0 Å². The van der Waals surface area contributed by atoms with E-state index in [9.17, 15) is 5.11 Å². The van der Waals surface area contributed by atoms with Crippen molar-refractivity contribution in [2.75, 3.05) is 0 Å². The minimum Gasteiger partial charge on any atom is -0.507 e. The summed E-state index contributed by atoms with van der Waals surface area (Å²) >= 11 is 0. The quantitative estimate of drug-likeness (QED) is 0.822. The summed E-state index contributed by atoms with van der Waals surface area (Å²) in [5, 5.41) is 12.3. The lowest BCUT2D eigenvalue weighted by Gasteiger charge is -2.15. The fourth-order valence-electron chi connectivity index (χ4n) is 2.51. The fraction of sp³-hybridized carbons (Fsp3) is 0.111.